The summed E-state index contributed by atoms with van der Waals surface area (Å²) in [6.45, 7) is 11.8. The maximum absolute atomic E-state index is 14.0. The first-order valence-corrected chi connectivity index (χ1v) is 12.3. The molecule has 0 atom stereocenters. The normalized spacial score (nSPS) is 15.1. The molecule has 1 aliphatic rings. The van der Waals surface area contributed by atoms with Gasteiger partial charge in [0.1, 0.15) is 18.2 Å². The van der Waals surface area contributed by atoms with Gasteiger partial charge in [-0.25, -0.2) is 9.37 Å². The zero-order valence-electron chi connectivity index (χ0n) is 20.9. The summed E-state index contributed by atoms with van der Waals surface area (Å²) in [6, 6.07) is 12.1. The quantitative estimate of drug-likeness (QED) is 0.585. The zero-order chi connectivity index (χ0) is 25.1. The molecule has 8 heteroatoms. The number of rotatable bonds is 6. The lowest BCUT2D eigenvalue weighted by atomic mass is 10.1. The van der Waals surface area contributed by atoms with Crippen molar-refractivity contribution in [1.82, 2.24) is 19.8 Å². The van der Waals surface area contributed by atoms with Crippen molar-refractivity contribution in [1.29, 1.82) is 0 Å². The van der Waals surface area contributed by atoms with E-state index in [1.807, 2.05) is 32.0 Å². The summed E-state index contributed by atoms with van der Waals surface area (Å²) in [6.07, 6.45) is 1.05. The van der Waals surface area contributed by atoms with Gasteiger partial charge in [0.25, 0.3) is 5.56 Å². The number of amides is 1. The third-order valence-electron chi connectivity index (χ3n) is 6.40. The van der Waals surface area contributed by atoms with Crippen LogP contribution in [0, 0.1) is 5.82 Å². The molecule has 186 valence electrons. The van der Waals surface area contributed by atoms with Crippen molar-refractivity contribution in [3.63, 3.8) is 0 Å². The Bertz CT molecular complexity index is 1270. The Morgan fingerprint density at radius 3 is 2.57 bits per heavy atom. The summed E-state index contributed by atoms with van der Waals surface area (Å²) in [5.41, 5.74) is 1.64. The van der Waals surface area contributed by atoms with Crippen LogP contribution >= 0.6 is 0 Å². The monoisotopic (exact) mass is 479 g/mol. The predicted molar refractivity (Wildman–Crippen MR) is 138 cm³/mol. The van der Waals surface area contributed by atoms with Crippen LogP contribution in [0.1, 0.15) is 34.1 Å². The number of carbonyl (C=O) groups excluding carboxylic acids is 1. The standard InChI is InChI=1S/C27H34FN5O2/c1-18(2)29-25(34)17-33-26(20-7-5-8-21(28)15-20)30-24-10-9-22(16-23(24)27(33)35)32-12-6-11-31(13-14-32)19(3)4/h5,7-10,15-16,18-19H,6,11-14,17H2,1-4H3,(H,29,34). The van der Waals surface area contributed by atoms with Crippen molar-refractivity contribution in [3.8, 4) is 11.4 Å². The van der Waals surface area contributed by atoms with Gasteiger partial charge in [0, 0.05) is 49.5 Å². The van der Waals surface area contributed by atoms with E-state index in [0.29, 0.717) is 22.5 Å². The highest BCUT2D eigenvalue weighted by Gasteiger charge is 2.20. The Hall–Kier alpha value is -3.26. The third-order valence-corrected chi connectivity index (χ3v) is 6.40. The molecular formula is C27H34FN5O2. The first kappa shape index (κ1) is 24.9. The molecule has 0 radical (unpaired) electrons. The number of carbonyl (C=O) groups is 1. The molecule has 2 aromatic carbocycles. The Labute approximate surface area is 205 Å². The number of halogens is 1. The van der Waals surface area contributed by atoms with Gasteiger partial charge in [-0.1, -0.05) is 12.1 Å². The van der Waals surface area contributed by atoms with Gasteiger partial charge in [-0.15, -0.1) is 0 Å². The van der Waals surface area contributed by atoms with Crippen molar-refractivity contribution in [2.24, 2.45) is 0 Å². The van der Waals surface area contributed by atoms with Gasteiger partial charge < -0.3 is 10.2 Å². The largest absolute Gasteiger partial charge is 0.370 e. The van der Waals surface area contributed by atoms with Gasteiger partial charge in [0.2, 0.25) is 5.91 Å². The molecule has 1 fully saturated rings. The van der Waals surface area contributed by atoms with Crippen molar-refractivity contribution in [2.75, 3.05) is 31.1 Å². The molecule has 1 saturated heterocycles. The fourth-order valence-electron chi connectivity index (χ4n) is 4.62. The molecule has 1 amide bonds. The Morgan fingerprint density at radius 1 is 1.06 bits per heavy atom. The molecule has 2 heterocycles. The van der Waals surface area contributed by atoms with Gasteiger partial charge in [-0.3, -0.25) is 19.1 Å². The highest BCUT2D eigenvalue weighted by molar-refractivity contribution is 5.84. The maximum atomic E-state index is 14.0. The molecule has 0 unspecified atom stereocenters. The van der Waals surface area contributed by atoms with E-state index < -0.39 is 5.82 Å². The van der Waals surface area contributed by atoms with Crippen LogP contribution in [0.2, 0.25) is 0 Å². The fourth-order valence-corrected chi connectivity index (χ4v) is 4.62. The number of anilines is 1. The fraction of sp³-hybridized carbons (Fsp3) is 0.444. The Kier molecular flexibility index (Phi) is 7.50. The lowest BCUT2D eigenvalue weighted by Gasteiger charge is -2.26. The summed E-state index contributed by atoms with van der Waals surface area (Å²) >= 11 is 0. The zero-order valence-corrected chi connectivity index (χ0v) is 20.9. The van der Waals surface area contributed by atoms with Gasteiger partial charge in [0.05, 0.1) is 10.9 Å². The molecule has 35 heavy (non-hydrogen) atoms. The molecule has 0 saturated carbocycles. The van der Waals surface area contributed by atoms with Crippen LogP contribution in [0.4, 0.5) is 10.1 Å². The highest BCUT2D eigenvalue weighted by atomic mass is 19.1. The molecule has 7 nitrogen and oxygen atoms in total. The number of hydrogen-bond donors (Lipinski definition) is 1. The van der Waals surface area contributed by atoms with Crippen LogP contribution in [-0.4, -0.2) is 58.6 Å². The number of nitrogens with zero attached hydrogens (tertiary/aromatic N) is 4. The van der Waals surface area contributed by atoms with E-state index in [2.05, 4.69) is 29.0 Å². The molecule has 0 aliphatic carbocycles. The molecule has 3 aromatic rings. The van der Waals surface area contributed by atoms with E-state index in [9.17, 15) is 14.0 Å². The van der Waals surface area contributed by atoms with Crippen LogP contribution in [0.15, 0.2) is 47.3 Å². The van der Waals surface area contributed by atoms with E-state index in [1.54, 1.807) is 12.1 Å². The molecule has 1 aromatic heterocycles. The summed E-state index contributed by atoms with van der Waals surface area (Å²) in [7, 11) is 0. The SMILES string of the molecule is CC(C)NC(=O)Cn1c(-c2cccc(F)c2)nc2ccc(N3CCCN(C(C)C)CC3)cc2c1=O. The van der Waals surface area contributed by atoms with Gasteiger partial charge in [-0.05, 0) is 64.4 Å². The van der Waals surface area contributed by atoms with E-state index in [4.69, 9.17) is 4.98 Å². The molecule has 0 bridgehead atoms. The smallest absolute Gasteiger partial charge is 0.262 e. The van der Waals surface area contributed by atoms with Crippen molar-refractivity contribution in [3.05, 3.63) is 58.6 Å². The minimum atomic E-state index is -0.429. The van der Waals surface area contributed by atoms with E-state index >= 15 is 0 Å². The highest BCUT2D eigenvalue weighted by Crippen LogP contribution is 2.24. The van der Waals surface area contributed by atoms with Crippen molar-refractivity contribution < 1.29 is 9.18 Å². The van der Waals surface area contributed by atoms with E-state index in [0.717, 1.165) is 38.3 Å². The number of aromatic nitrogens is 2. The number of fused-ring (bicyclic) bond motifs is 1. The van der Waals surface area contributed by atoms with Crippen LogP contribution in [0.25, 0.3) is 22.3 Å². The lowest BCUT2D eigenvalue weighted by molar-refractivity contribution is -0.122. The van der Waals surface area contributed by atoms with Crippen molar-refractivity contribution in [2.45, 2.75) is 52.7 Å². The first-order chi connectivity index (χ1) is 16.7. The third kappa shape index (κ3) is 5.70. The van der Waals surface area contributed by atoms with Crippen LogP contribution in [-0.2, 0) is 11.3 Å². The van der Waals surface area contributed by atoms with E-state index in [1.165, 1.54) is 16.7 Å². The Balaban J connectivity index is 1.77. The number of nitrogens with one attached hydrogen (secondary N) is 1. The summed E-state index contributed by atoms with van der Waals surface area (Å²) in [4.78, 5) is 35.8. The van der Waals surface area contributed by atoms with E-state index in [-0.39, 0.29) is 29.9 Å². The van der Waals surface area contributed by atoms with Gasteiger partial charge in [0.15, 0.2) is 0 Å². The van der Waals surface area contributed by atoms with Gasteiger partial charge >= 0.3 is 0 Å². The average Bonchev–Trinajstić information content (AvgIpc) is 3.07. The Morgan fingerprint density at radius 2 is 1.86 bits per heavy atom. The summed E-state index contributed by atoms with van der Waals surface area (Å²) < 4.78 is 15.3. The molecular weight excluding hydrogens is 445 g/mol. The van der Waals surface area contributed by atoms with Gasteiger partial charge in [-0.2, -0.15) is 0 Å². The van der Waals surface area contributed by atoms with Crippen LogP contribution in [0.5, 0.6) is 0 Å². The molecule has 4 rings (SSSR count). The number of benzene rings is 2. The van der Waals surface area contributed by atoms with Crippen LogP contribution in [0.3, 0.4) is 0 Å². The molecule has 0 spiro atoms. The first-order valence-electron chi connectivity index (χ1n) is 12.3. The molecule has 1 aliphatic heterocycles. The second kappa shape index (κ2) is 10.6. The number of hydrogen-bond acceptors (Lipinski definition) is 5. The minimum Gasteiger partial charge on any atom is -0.370 e. The second-order valence-electron chi connectivity index (χ2n) is 9.73. The average molecular weight is 480 g/mol. The second-order valence-corrected chi connectivity index (χ2v) is 9.73. The maximum Gasteiger partial charge on any atom is 0.262 e. The van der Waals surface area contributed by atoms with Crippen molar-refractivity contribution >= 4 is 22.5 Å². The predicted octanol–water partition coefficient (Wildman–Crippen LogP) is 3.65. The minimum absolute atomic E-state index is 0.0655. The topological polar surface area (TPSA) is 70.5 Å². The summed E-state index contributed by atoms with van der Waals surface area (Å²) in [5.74, 6) is -0.448. The lowest BCUT2D eigenvalue weighted by Crippen LogP contribution is -2.37. The summed E-state index contributed by atoms with van der Waals surface area (Å²) in [5, 5.41) is 3.28. The molecule has 1 N–H and O–H groups in total. The van der Waals surface area contributed by atoms with Crippen LogP contribution < -0.4 is 15.8 Å².